The number of pyridine rings is 1. The summed E-state index contributed by atoms with van der Waals surface area (Å²) < 4.78 is 14.6. The molecule has 0 amide bonds. The van der Waals surface area contributed by atoms with Gasteiger partial charge in [0.2, 0.25) is 0 Å². The molecule has 0 spiro atoms. The molecule has 84 valence electrons. The van der Waals surface area contributed by atoms with Crippen molar-refractivity contribution in [2.75, 3.05) is 14.1 Å². The monoisotopic (exact) mass is 220 g/mol. The number of fused-ring (bicyclic) bond motifs is 1. The van der Waals surface area contributed by atoms with Crippen molar-refractivity contribution < 1.29 is 4.39 Å². The minimum absolute atomic E-state index is 0.161. The summed E-state index contributed by atoms with van der Waals surface area (Å²) in [4.78, 5) is 13.9. The molecule has 16 heavy (non-hydrogen) atoms. The number of benzene rings is 1. The molecule has 0 N–H and O–H groups in total. The van der Waals surface area contributed by atoms with Crippen LogP contribution in [0.2, 0.25) is 0 Å². The molecule has 0 aliphatic carbocycles. The predicted octanol–water partition coefficient (Wildman–Crippen LogP) is 1.66. The maximum absolute atomic E-state index is 13.1. The van der Waals surface area contributed by atoms with Crippen LogP contribution in [0.5, 0.6) is 0 Å². The Morgan fingerprint density at radius 3 is 2.75 bits per heavy atom. The maximum Gasteiger partial charge on any atom is 0.259 e. The first-order valence-corrected chi connectivity index (χ1v) is 5.01. The van der Waals surface area contributed by atoms with Gasteiger partial charge in [0, 0.05) is 6.20 Å². The minimum Gasteiger partial charge on any atom is -0.302 e. The smallest absolute Gasteiger partial charge is 0.259 e. The lowest BCUT2D eigenvalue weighted by Crippen LogP contribution is -2.27. The van der Waals surface area contributed by atoms with Gasteiger partial charge in [-0.05, 0) is 37.7 Å². The molecule has 1 heterocycles. The van der Waals surface area contributed by atoms with Crippen LogP contribution in [0.25, 0.3) is 10.8 Å². The second-order valence-electron chi connectivity index (χ2n) is 4.04. The largest absolute Gasteiger partial charge is 0.302 e. The van der Waals surface area contributed by atoms with Crippen molar-refractivity contribution in [3.8, 4) is 0 Å². The summed E-state index contributed by atoms with van der Waals surface area (Å²) in [5.41, 5.74) is -0.161. The molecule has 0 bridgehead atoms. The second-order valence-corrected chi connectivity index (χ2v) is 4.04. The molecule has 0 aliphatic heterocycles. The fourth-order valence-electron chi connectivity index (χ4n) is 1.67. The van der Waals surface area contributed by atoms with Crippen molar-refractivity contribution in [3.05, 3.63) is 46.6 Å². The first kappa shape index (κ1) is 10.8. The molecular weight excluding hydrogens is 207 g/mol. The minimum atomic E-state index is -0.382. The van der Waals surface area contributed by atoms with Gasteiger partial charge < -0.3 is 4.57 Å². The average Bonchev–Trinajstić information content (AvgIpc) is 2.22. The van der Waals surface area contributed by atoms with E-state index in [0.29, 0.717) is 12.1 Å². The van der Waals surface area contributed by atoms with Gasteiger partial charge in [-0.3, -0.25) is 9.69 Å². The van der Waals surface area contributed by atoms with Crippen molar-refractivity contribution >= 4 is 10.8 Å². The van der Waals surface area contributed by atoms with Crippen LogP contribution >= 0.6 is 0 Å². The van der Waals surface area contributed by atoms with Gasteiger partial charge in [0.05, 0.1) is 12.1 Å². The molecule has 0 unspecified atom stereocenters. The van der Waals surface area contributed by atoms with Gasteiger partial charge in [0.1, 0.15) is 5.82 Å². The van der Waals surface area contributed by atoms with E-state index in [-0.39, 0.29) is 11.4 Å². The molecular formula is C12H13FN2O. The summed E-state index contributed by atoms with van der Waals surface area (Å²) in [5.74, 6) is -0.382. The fourth-order valence-corrected chi connectivity index (χ4v) is 1.67. The molecule has 0 saturated heterocycles. The molecule has 0 atom stereocenters. The van der Waals surface area contributed by atoms with E-state index in [1.165, 1.54) is 12.1 Å². The molecule has 1 aromatic heterocycles. The Balaban J connectivity index is 2.64. The molecule has 2 aromatic rings. The third kappa shape index (κ3) is 1.97. The first-order valence-electron chi connectivity index (χ1n) is 5.01. The molecule has 0 radical (unpaired) electrons. The van der Waals surface area contributed by atoms with Gasteiger partial charge >= 0.3 is 0 Å². The molecule has 0 saturated carbocycles. The maximum atomic E-state index is 13.1. The number of nitrogens with zero attached hydrogens (tertiary/aromatic N) is 2. The Bertz CT molecular complexity index is 575. The second kappa shape index (κ2) is 4.06. The molecule has 3 nitrogen and oxygen atoms in total. The van der Waals surface area contributed by atoms with Crippen LogP contribution in [0.1, 0.15) is 0 Å². The van der Waals surface area contributed by atoms with E-state index in [0.717, 1.165) is 5.39 Å². The van der Waals surface area contributed by atoms with E-state index in [2.05, 4.69) is 0 Å². The zero-order valence-corrected chi connectivity index (χ0v) is 9.27. The molecule has 0 aliphatic rings. The fraction of sp³-hybridized carbons (Fsp3) is 0.250. The highest BCUT2D eigenvalue weighted by atomic mass is 19.1. The van der Waals surface area contributed by atoms with Crippen LogP contribution in [0.15, 0.2) is 35.3 Å². The Morgan fingerprint density at radius 1 is 1.31 bits per heavy atom. The third-order valence-electron chi connectivity index (χ3n) is 2.38. The van der Waals surface area contributed by atoms with Crippen LogP contribution in [0, 0.1) is 5.82 Å². The van der Waals surface area contributed by atoms with Gasteiger partial charge in [-0.1, -0.05) is 6.07 Å². The summed E-state index contributed by atoms with van der Waals surface area (Å²) in [5, 5.41) is 1.19. The standard InChI is InChI=1S/C12H13FN2O/c1-14(2)8-15-6-5-9-3-4-10(13)7-11(9)12(15)16/h3-7H,8H2,1-2H3. The van der Waals surface area contributed by atoms with Crippen molar-refractivity contribution in [2.45, 2.75) is 6.67 Å². The van der Waals surface area contributed by atoms with Crippen LogP contribution in [-0.4, -0.2) is 23.6 Å². The normalized spacial score (nSPS) is 11.2. The van der Waals surface area contributed by atoms with Crippen molar-refractivity contribution in [1.82, 2.24) is 9.47 Å². The van der Waals surface area contributed by atoms with Gasteiger partial charge in [0.15, 0.2) is 0 Å². The van der Waals surface area contributed by atoms with Gasteiger partial charge in [0.25, 0.3) is 5.56 Å². The summed E-state index contributed by atoms with van der Waals surface area (Å²) in [6, 6.07) is 6.08. The number of hydrogen-bond acceptors (Lipinski definition) is 2. The van der Waals surface area contributed by atoms with Gasteiger partial charge in [-0.25, -0.2) is 4.39 Å². The number of hydrogen-bond donors (Lipinski definition) is 0. The number of aromatic nitrogens is 1. The average molecular weight is 220 g/mol. The van der Waals surface area contributed by atoms with Crippen LogP contribution in [0.4, 0.5) is 4.39 Å². The van der Waals surface area contributed by atoms with Crippen molar-refractivity contribution in [2.24, 2.45) is 0 Å². The highest BCUT2D eigenvalue weighted by Crippen LogP contribution is 2.10. The zero-order valence-electron chi connectivity index (χ0n) is 9.27. The summed E-state index contributed by atoms with van der Waals surface area (Å²) >= 11 is 0. The van der Waals surface area contributed by atoms with E-state index in [4.69, 9.17) is 0 Å². The van der Waals surface area contributed by atoms with E-state index < -0.39 is 0 Å². The van der Waals surface area contributed by atoms with Gasteiger partial charge in [-0.2, -0.15) is 0 Å². The van der Waals surface area contributed by atoms with Crippen LogP contribution in [0.3, 0.4) is 0 Å². The van der Waals surface area contributed by atoms with E-state index in [1.54, 1.807) is 16.8 Å². The number of halogens is 1. The molecule has 4 heteroatoms. The SMILES string of the molecule is CN(C)Cn1ccc2ccc(F)cc2c1=O. The summed E-state index contributed by atoms with van der Waals surface area (Å²) in [6.45, 7) is 0.491. The Hall–Kier alpha value is -1.68. The van der Waals surface area contributed by atoms with Gasteiger partial charge in [-0.15, -0.1) is 0 Å². The number of rotatable bonds is 2. The van der Waals surface area contributed by atoms with Crippen molar-refractivity contribution in [3.63, 3.8) is 0 Å². The lowest BCUT2D eigenvalue weighted by molar-refractivity contribution is 0.322. The lowest BCUT2D eigenvalue weighted by Gasteiger charge is -2.12. The van der Waals surface area contributed by atoms with Crippen LogP contribution in [-0.2, 0) is 6.67 Å². The van der Waals surface area contributed by atoms with E-state index in [1.807, 2.05) is 25.1 Å². The first-order chi connectivity index (χ1) is 7.58. The summed E-state index contributed by atoms with van der Waals surface area (Å²) in [6.07, 6.45) is 1.72. The van der Waals surface area contributed by atoms with E-state index >= 15 is 0 Å². The Labute approximate surface area is 92.7 Å². The Kier molecular flexibility index (Phi) is 2.75. The zero-order chi connectivity index (χ0) is 11.7. The lowest BCUT2D eigenvalue weighted by atomic mass is 10.2. The third-order valence-corrected chi connectivity index (χ3v) is 2.38. The van der Waals surface area contributed by atoms with Crippen molar-refractivity contribution in [1.29, 1.82) is 0 Å². The highest BCUT2D eigenvalue weighted by Gasteiger charge is 2.04. The summed E-state index contributed by atoms with van der Waals surface area (Å²) in [7, 11) is 3.75. The quantitative estimate of drug-likeness (QED) is 0.769. The van der Waals surface area contributed by atoms with E-state index in [9.17, 15) is 9.18 Å². The van der Waals surface area contributed by atoms with Crippen LogP contribution < -0.4 is 5.56 Å². The molecule has 2 rings (SSSR count). The molecule has 1 aromatic carbocycles. The highest BCUT2D eigenvalue weighted by molar-refractivity contribution is 5.81. The topological polar surface area (TPSA) is 25.2 Å². The predicted molar refractivity (Wildman–Crippen MR) is 61.9 cm³/mol. The Morgan fingerprint density at radius 2 is 2.06 bits per heavy atom. The molecule has 0 fully saturated rings.